The highest BCUT2D eigenvalue weighted by molar-refractivity contribution is 6.21. The lowest BCUT2D eigenvalue weighted by molar-refractivity contribution is -0.120. The Balaban J connectivity index is 1.56. The van der Waals surface area contributed by atoms with Gasteiger partial charge in [-0.05, 0) is 30.3 Å². The van der Waals surface area contributed by atoms with E-state index in [2.05, 4.69) is 0 Å². The first-order valence-corrected chi connectivity index (χ1v) is 8.83. The Kier molecular flexibility index (Phi) is 4.46. The number of carbonyl (C=O) groups is 3. The largest absolute Gasteiger partial charge is 0.497 e. The molecule has 4 rings (SSSR count). The number of hydrogen-bond acceptors (Lipinski definition) is 4. The molecule has 2 saturated heterocycles. The monoisotopic (exact) mass is 383 g/mol. The second-order valence-corrected chi connectivity index (χ2v) is 6.63. The van der Waals surface area contributed by atoms with Gasteiger partial charge in [-0.1, -0.05) is 12.1 Å². The van der Waals surface area contributed by atoms with Crippen LogP contribution in [0, 0.1) is 5.82 Å². The number of benzene rings is 2. The third kappa shape index (κ3) is 2.96. The van der Waals surface area contributed by atoms with E-state index in [-0.39, 0.29) is 31.1 Å². The Morgan fingerprint density at radius 3 is 2.64 bits per heavy atom. The first-order valence-electron chi connectivity index (χ1n) is 8.83. The molecule has 4 amide bonds. The number of nitrogens with zero attached hydrogens (tertiary/aromatic N) is 3. The lowest BCUT2D eigenvalue weighted by Gasteiger charge is -2.35. The molecule has 2 aliphatic heterocycles. The van der Waals surface area contributed by atoms with Crippen LogP contribution in [0.5, 0.6) is 5.75 Å². The van der Waals surface area contributed by atoms with E-state index in [4.69, 9.17) is 4.74 Å². The van der Waals surface area contributed by atoms with Crippen molar-refractivity contribution in [1.82, 2.24) is 9.80 Å². The zero-order valence-electron chi connectivity index (χ0n) is 15.2. The molecule has 0 N–H and O–H groups in total. The van der Waals surface area contributed by atoms with Crippen molar-refractivity contribution >= 4 is 23.5 Å². The van der Waals surface area contributed by atoms with E-state index in [9.17, 15) is 18.8 Å². The SMILES string of the molecule is COc1cccc(N2C(=O)[C@@H]3CN(C(=O)c4cccc(F)c4)CCN3C2=O)c1. The molecular weight excluding hydrogens is 365 g/mol. The van der Waals surface area contributed by atoms with Crippen molar-refractivity contribution in [3.05, 3.63) is 59.9 Å². The molecule has 0 saturated carbocycles. The maximum Gasteiger partial charge on any atom is 0.332 e. The number of amides is 4. The first-order chi connectivity index (χ1) is 13.5. The van der Waals surface area contributed by atoms with Crippen LogP contribution in [-0.4, -0.2) is 60.4 Å². The van der Waals surface area contributed by atoms with Crippen molar-refractivity contribution in [3.8, 4) is 5.75 Å². The van der Waals surface area contributed by atoms with Crippen LogP contribution < -0.4 is 9.64 Å². The molecular formula is C20H18FN3O4. The summed E-state index contributed by atoms with van der Waals surface area (Å²) in [6.07, 6.45) is 0. The minimum Gasteiger partial charge on any atom is -0.497 e. The fraction of sp³-hybridized carbons (Fsp3) is 0.250. The smallest absolute Gasteiger partial charge is 0.332 e. The molecule has 0 aromatic heterocycles. The molecule has 144 valence electrons. The molecule has 2 heterocycles. The summed E-state index contributed by atoms with van der Waals surface area (Å²) in [5.41, 5.74) is 0.640. The fourth-order valence-corrected chi connectivity index (χ4v) is 3.57. The van der Waals surface area contributed by atoms with Crippen molar-refractivity contribution in [2.75, 3.05) is 31.6 Å². The molecule has 2 aromatic rings. The molecule has 0 unspecified atom stereocenters. The van der Waals surface area contributed by atoms with Crippen LogP contribution in [0.4, 0.5) is 14.9 Å². The second-order valence-electron chi connectivity index (χ2n) is 6.63. The molecule has 2 aromatic carbocycles. The summed E-state index contributed by atoms with van der Waals surface area (Å²) < 4.78 is 18.6. The highest BCUT2D eigenvalue weighted by Crippen LogP contribution is 2.30. The van der Waals surface area contributed by atoms with Crippen LogP contribution >= 0.6 is 0 Å². The standard InChI is InChI=1S/C20H18FN3O4/c1-28-16-7-3-6-15(11-16)24-19(26)17-12-22(8-9-23(17)20(24)27)18(25)13-4-2-5-14(21)10-13/h2-7,10-11,17H,8-9,12H2,1H3/t17-/m0/s1. The zero-order valence-corrected chi connectivity index (χ0v) is 15.2. The number of hydrogen-bond donors (Lipinski definition) is 0. The summed E-state index contributed by atoms with van der Waals surface area (Å²) in [7, 11) is 1.51. The average Bonchev–Trinajstić information content (AvgIpc) is 2.97. The minimum absolute atomic E-state index is 0.0698. The predicted molar refractivity (Wildman–Crippen MR) is 98.7 cm³/mol. The normalized spacial score (nSPS) is 19.1. The third-order valence-corrected chi connectivity index (χ3v) is 4.99. The van der Waals surface area contributed by atoms with E-state index in [0.29, 0.717) is 11.4 Å². The number of ether oxygens (including phenoxy) is 1. The number of piperazine rings is 1. The van der Waals surface area contributed by atoms with Gasteiger partial charge in [0.1, 0.15) is 17.6 Å². The van der Waals surface area contributed by atoms with Gasteiger partial charge in [0.25, 0.3) is 11.8 Å². The van der Waals surface area contributed by atoms with Gasteiger partial charge in [0.15, 0.2) is 0 Å². The Morgan fingerprint density at radius 2 is 1.89 bits per heavy atom. The Hall–Kier alpha value is -3.42. The lowest BCUT2D eigenvalue weighted by Crippen LogP contribution is -2.54. The molecule has 2 fully saturated rings. The summed E-state index contributed by atoms with van der Waals surface area (Å²) >= 11 is 0. The number of halogens is 1. The van der Waals surface area contributed by atoms with E-state index >= 15 is 0 Å². The predicted octanol–water partition coefficient (Wildman–Crippen LogP) is 2.13. The van der Waals surface area contributed by atoms with Gasteiger partial charge in [-0.15, -0.1) is 0 Å². The van der Waals surface area contributed by atoms with Gasteiger partial charge in [-0.25, -0.2) is 14.1 Å². The van der Waals surface area contributed by atoms with Gasteiger partial charge in [0.05, 0.1) is 19.3 Å². The maximum absolute atomic E-state index is 13.4. The van der Waals surface area contributed by atoms with E-state index in [0.717, 1.165) is 4.90 Å². The fourth-order valence-electron chi connectivity index (χ4n) is 3.57. The van der Waals surface area contributed by atoms with Crippen LogP contribution in [0.15, 0.2) is 48.5 Å². The molecule has 2 aliphatic rings. The maximum atomic E-state index is 13.4. The number of carbonyl (C=O) groups excluding carboxylic acids is 3. The summed E-state index contributed by atoms with van der Waals surface area (Å²) in [4.78, 5) is 42.5. The highest BCUT2D eigenvalue weighted by atomic mass is 19.1. The Bertz CT molecular complexity index is 964. The van der Waals surface area contributed by atoms with Crippen molar-refractivity contribution in [3.63, 3.8) is 0 Å². The molecule has 0 bridgehead atoms. The van der Waals surface area contributed by atoms with Crippen molar-refractivity contribution < 1.29 is 23.5 Å². The van der Waals surface area contributed by atoms with Gasteiger partial charge in [-0.2, -0.15) is 0 Å². The highest BCUT2D eigenvalue weighted by Gasteiger charge is 2.49. The van der Waals surface area contributed by atoms with Crippen LogP contribution in [0.2, 0.25) is 0 Å². The minimum atomic E-state index is -0.759. The number of urea groups is 1. The van der Waals surface area contributed by atoms with Crippen molar-refractivity contribution in [2.45, 2.75) is 6.04 Å². The molecule has 8 heteroatoms. The molecule has 0 spiro atoms. The molecule has 0 aliphatic carbocycles. The molecule has 1 atom stereocenters. The Morgan fingerprint density at radius 1 is 1.11 bits per heavy atom. The number of fused-ring (bicyclic) bond motifs is 1. The van der Waals surface area contributed by atoms with Crippen LogP contribution in [0.3, 0.4) is 0 Å². The van der Waals surface area contributed by atoms with Gasteiger partial charge in [-0.3, -0.25) is 9.59 Å². The molecule has 0 radical (unpaired) electrons. The second kappa shape index (κ2) is 6.95. The van der Waals surface area contributed by atoms with Gasteiger partial charge < -0.3 is 14.5 Å². The van der Waals surface area contributed by atoms with Crippen molar-refractivity contribution in [1.29, 1.82) is 0 Å². The van der Waals surface area contributed by atoms with E-state index in [1.54, 1.807) is 24.3 Å². The molecule has 28 heavy (non-hydrogen) atoms. The topological polar surface area (TPSA) is 70.2 Å². The van der Waals surface area contributed by atoms with E-state index < -0.39 is 23.8 Å². The summed E-state index contributed by atoms with van der Waals surface area (Å²) in [6, 6.07) is 10.9. The Labute approximate surface area is 160 Å². The number of methoxy groups -OCH3 is 1. The average molecular weight is 383 g/mol. The molecule has 7 nitrogen and oxygen atoms in total. The van der Waals surface area contributed by atoms with Crippen LogP contribution in [0.25, 0.3) is 0 Å². The number of anilines is 1. The number of imide groups is 1. The summed E-state index contributed by atoms with van der Waals surface area (Å²) in [6.45, 7) is 0.577. The quantitative estimate of drug-likeness (QED) is 0.762. The van der Waals surface area contributed by atoms with Gasteiger partial charge in [0.2, 0.25) is 0 Å². The van der Waals surface area contributed by atoms with Crippen LogP contribution in [-0.2, 0) is 4.79 Å². The van der Waals surface area contributed by atoms with Gasteiger partial charge in [0, 0.05) is 24.7 Å². The zero-order chi connectivity index (χ0) is 19.8. The van der Waals surface area contributed by atoms with Gasteiger partial charge >= 0.3 is 6.03 Å². The first kappa shape index (κ1) is 18.0. The van der Waals surface area contributed by atoms with Crippen LogP contribution in [0.1, 0.15) is 10.4 Å². The third-order valence-electron chi connectivity index (χ3n) is 4.99. The van der Waals surface area contributed by atoms with E-state index in [1.165, 1.54) is 41.2 Å². The lowest BCUT2D eigenvalue weighted by atomic mass is 10.1. The summed E-state index contributed by atoms with van der Waals surface area (Å²) in [5.74, 6) is -0.721. The number of rotatable bonds is 3. The van der Waals surface area contributed by atoms with Crippen molar-refractivity contribution in [2.24, 2.45) is 0 Å². The summed E-state index contributed by atoms with van der Waals surface area (Å²) in [5, 5.41) is 0. The van der Waals surface area contributed by atoms with E-state index in [1.807, 2.05) is 0 Å².